The highest BCUT2D eigenvalue weighted by Gasteiger charge is 2.22. The molecule has 0 unspecified atom stereocenters. The predicted molar refractivity (Wildman–Crippen MR) is 113 cm³/mol. The molecule has 1 aromatic heterocycles. The topological polar surface area (TPSA) is 79.5 Å². The molecule has 1 saturated heterocycles. The van der Waals surface area contributed by atoms with Crippen LogP contribution in [0, 0.1) is 0 Å². The highest BCUT2D eigenvalue weighted by Crippen LogP contribution is 2.19. The summed E-state index contributed by atoms with van der Waals surface area (Å²) < 4.78 is 5.29. The summed E-state index contributed by atoms with van der Waals surface area (Å²) in [5.41, 5.74) is 2.68. The normalized spacial score (nSPS) is 14.0. The van der Waals surface area contributed by atoms with Crippen LogP contribution < -0.4 is 4.90 Å². The zero-order chi connectivity index (χ0) is 20.9. The van der Waals surface area contributed by atoms with E-state index in [1.165, 1.54) is 0 Å². The Morgan fingerprint density at radius 3 is 2.33 bits per heavy atom. The fraction of sp³-hybridized carbons (Fsp3) is 0.304. The minimum absolute atomic E-state index is 0.0640. The number of amides is 1. The number of rotatable bonds is 6. The number of hydrogen-bond acceptors (Lipinski definition) is 6. The number of anilines is 1. The maximum atomic E-state index is 12.6. The van der Waals surface area contributed by atoms with Crippen LogP contribution in [-0.4, -0.2) is 52.9 Å². The largest absolute Gasteiger partial charge is 0.368 e. The number of nitrogens with zero attached hydrogens (tertiary/aromatic N) is 4. The van der Waals surface area contributed by atoms with E-state index in [4.69, 9.17) is 4.52 Å². The highest BCUT2D eigenvalue weighted by molar-refractivity contribution is 5.94. The van der Waals surface area contributed by atoms with Crippen LogP contribution >= 0.6 is 0 Å². The van der Waals surface area contributed by atoms with Crippen LogP contribution in [0.3, 0.4) is 0 Å². The van der Waals surface area contributed by atoms with Gasteiger partial charge in [0.05, 0.1) is 0 Å². The molecule has 4 rings (SSSR count). The minimum atomic E-state index is 0.0640. The van der Waals surface area contributed by atoms with Gasteiger partial charge in [0.15, 0.2) is 5.78 Å². The van der Waals surface area contributed by atoms with Gasteiger partial charge in [-0.05, 0) is 31.2 Å². The lowest BCUT2D eigenvalue weighted by Gasteiger charge is -2.36. The van der Waals surface area contributed by atoms with Crippen molar-refractivity contribution in [3.05, 3.63) is 66.1 Å². The molecule has 0 atom stereocenters. The number of piperazine rings is 1. The number of hydrogen-bond donors (Lipinski definition) is 0. The Bertz CT molecular complexity index is 1010. The summed E-state index contributed by atoms with van der Waals surface area (Å²) in [5.74, 6) is 1.18. The van der Waals surface area contributed by atoms with Gasteiger partial charge < -0.3 is 14.3 Å². The molecule has 3 aromatic rings. The van der Waals surface area contributed by atoms with Gasteiger partial charge >= 0.3 is 0 Å². The van der Waals surface area contributed by atoms with Crippen LogP contribution in [0.5, 0.6) is 0 Å². The third kappa shape index (κ3) is 4.56. The van der Waals surface area contributed by atoms with Crippen molar-refractivity contribution in [2.75, 3.05) is 31.1 Å². The number of aryl methyl sites for hydroxylation is 1. The van der Waals surface area contributed by atoms with Crippen molar-refractivity contribution in [3.8, 4) is 11.4 Å². The quantitative estimate of drug-likeness (QED) is 0.587. The van der Waals surface area contributed by atoms with Gasteiger partial charge in [-0.25, -0.2) is 0 Å². The first-order chi connectivity index (χ1) is 14.6. The molecular formula is C23H24N4O3. The fourth-order valence-electron chi connectivity index (χ4n) is 3.55. The molecule has 7 nitrogen and oxygen atoms in total. The Morgan fingerprint density at radius 2 is 1.67 bits per heavy atom. The van der Waals surface area contributed by atoms with E-state index < -0.39 is 0 Å². The summed E-state index contributed by atoms with van der Waals surface area (Å²) >= 11 is 0. The van der Waals surface area contributed by atoms with Crippen LogP contribution in [0.4, 0.5) is 5.69 Å². The van der Waals surface area contributed by atoms with Gasteiger partial charge in [-0.2, -0.15) is 4.98 Å². The van der Waals surface area contributed by atoms with E-state index in [2.05, 4.69) is 15.0 Å². The highest BCUT2D eigenvalue weighted by atomic mass is 16.5. The van der Waals surface area contributed by atoms with E-state index in [0.29, 0.717) is 43.2 Å². The first kappa shape index (κ1) is 19.8. The maximum absolute atomic E-state index is 12.6. The summed E-state index contributed by atoms with van der Waals surface area (Å²) in [6, 6.07) is 17.3. The Hall–Kier alpha value is -3.48. The molecule has 0 bridgehead atoms. The average Bonchev–Trinajstić information content (AvgIpc) is 3.27. The van der Waals surface area contributed by atoms with Crippen LogP contribution in [0.2, 0.25) is 0 Å². The maximum Gasteiger partial charge on any atom is 0.227 e. The Kier molecular flexibility index (Phi) is 5.88. The van der Waals surface area contributed by atoms with Crippen LogP contribution in [-0.2, 0) is 11.2 Å². The first-order valence-corrected chi connectivity index (χ1v) is 10.1. The molecule has 1 aliphatic heterocycles. The van der Waals surface area contributed by atoms with E-state index in [1.54, 1.807) is 6.92 Å². The molecule has 0 radical (unpaired) electrons. The summed E-state index contributed by atoms with van der Waals surface area (Å²) in [5, 5.41) is 4.00. The van der Waals surface area contributed by atoms with Gasteiger partial charge in [-0.15, -0.1) is 0 Å². The third-order valence-electron chi connectivity index (χ3n) is 5.32. The number of ketones is 1. The van der Waals surface area contributed by atoms with E-state index in [-0.39, 0.29) is 11.7 Å². The first-order valence-electron chi connectivity index (χ1n) is 10.1. The lowest BCUT2D eigenvalue weighted by atomic mass is 10.1. The Balaban J connectivity index is 1.26. The van der Waals surface area contributed by atoms with Gasteiger partial charge in [0.2, 0.25) is 17.6 Å². The smallest absolute Gasteiger partial charge is 0.227 e. The molecule has 7 heteroatoms. The summed E-state index contributed by atoms with van der Waals surface area (Å²) in [4.78, 5) is 32.5. The van der Waals surface area contributed by atoms with Crippen molar-refractivity contribution in [2.45, 2.75) is 19.8 Å². The fourth-order valence-corrected chi connectivity index (χ4v) is 3.55. The Morgan fingerprint density at radius 1 is 0.967 bits per heavy atom. The zero-order valence-corrected chi connectivity index (χ0v) is 17.0. The average molecular weight is 404 g/mol. The molecule has 1 fully saturated rings. The van der Waals surface area contributed by atoms with Crippen molar-refractivity contribution in [1.82, 2.24) is 15.0 Å². The molecule has 0 aliphatic carbocycles. The van der Waals surface area contributed by atoms with Gasteiger partial charge in [0.25, 0.3) is 0 Å². The van der Waals surface area contributed by atoms with Crippen molar-refractivity contribution in [2.24, 2.45) is 0 Å². The van der Waals surface area contributed by atoms with E-state index >= 15 is 0 Å². The SMILES string of the molecule is CC(=O)c1ccc(N2CCN(C(=O)CCc3nc(-c4ccccc4)no3)CC2)cc1. The second-order valence-electron chi connectivity index (χ2n) is 7.35. The molecule has 1 amide bonds. The van der Waals surface area contributed by atoms with E-state index in [9.17, 15) is 9.59 Å². The molecule has 2 heterocycles. The van der Waals surface area contributed by atoms with E-state index in [0.717, 1.165) is 24.3 Å². The molecule has 2 aromatic carbocycles. The standard InChI is InChI=1S/C23H24N4O3/c1-17(28)18-7-9-20(10-8-18)26-13-15-27(16-14-26)22(29)12-11-21-24-23(25-30-21)19-5-3-2-4-6-19/h2-10H,11-16H2,1H3. The number of Topliss-reactive ketones (excluding diaryl/α,β-unsaturated/α-hetero) is 1. The van der Waals surface area contributed by atoms with Crippen LogP contribution in [0.1, 0.15) is 29.6 Å². The van der Waals surface area contributed by atoms with Crippen LogP contribution in [0.25, 0.3) is 11.4 Å². The molecule has 0 spiro atoms. The third-order valence-corrected chi connectivity index (χ3v) is 5.32. The number of benzene rings is 2. The monoisotopic (exact) mass is 404 g/mol. The Labute approximate surface area is 175 Å². The molecule has 30 heavy (non-hydrogen) atoms. The van der Waals surface area contributed by atoms with Crippen molar-refractivity contribution in [1.29, 1.82) is 0 Å². The van der Waals surface area contributed by atoms with Gasteiger partial charge in [0, 0.05) is 55.8 Å². The van der Waals surface area contributed by atoms with E-state index in [1.807, 2.05) is 59.5 Å². The second-order valence-corrected chi connectivity index (χ2v) is 7.35. The zero-order valence-electron chi connectivity index (χ0n) is 17.0. The lowest BCUT2D eigenvalue weighted by Crippen LogP contribution is -2.48. The number of carbonyl (C=O) groups excluding carboxylic acids is 2. The number of carbonyl (C=O) groups is 2. The lowest BCUT2D eigenvalue weighted by molar-refractivity contribution is -0.131. The minimum Gasteiger partial charge on any atom is -0.368 e. The number of aromatic nitrogens is 2. The van der Waals surface area contributed by atoms with Gasteiger partial charge in [-0.1, -0.05) is 35.5 Å². The van der Waals surface area contributed by atoms with Gasteiger partial charge in [0.1, 0.15) is 0 Å². The van der Waals surface area contributed by atoms with Crippen molar-refractivity contribution in [3.63, 3.8) is 0 Å². The summed E-state index contributed by atoms with van der Waals surface area (Å²) in [6.45, 7) is 4.45. The molecule has 0 N–H and O–H groups in total. The summed E-state index contributed by atoms with van der Waals surface area (Å²) in [7, 11) is 0. The molecule has 154 valence electrons. The summed E-state index contributed by atoms with van der Waals surface area (Å²) in [6.07, 6.45) is 0.787. The van der Waals surface area contributed by atoms with Crippen LogP contribution in [0.15, 0.2) is 59.1 Å². The van der Waals surface area contributed by atoms with Crippen molar-refractivity contribution >= 4 is 17.4 Å². The molecule has 0 saturated carbocycles. The van der Waals surface area contributed by atoms with Crippen molar-refractivity contribution < 1.29 is 14.1 Å². The van der Waals surface area contributed by atoms with Gasteiger partial charge in [-0.3, -0.25) is 9.59 Å². The second kappa shape index (κ2) is 8.90. The predicted octanol–water partition coefficient (Wildman–Crippen LogP) is 3.22. The molecule has 1 aliphatic rings. The molecular weight excluding hydrogens is 380 g/mol.